The molecule has 172 valence electrons. The fraction of sp³-hybridized carbons (Fsp3) is 0.963. The molecule has 0 heterocycles. The van der Waals surface area contributed by atoms with Crippen LogP contribution >= 0.6 is 0 Å². The molecular formula is C27H46O3. The Morgan fingerprint density at radius 3 is 1.43 bits per heavy atom. The molecule has 0 unspecified atom stereocenters. The van der Waals surface area contributed by atoms with Crippen molar-refractivity contribution in [1.29, 1.82) is 0 Å². The summed E-state index contributed by atoms with van der Waals surface area (Å²) in [6, 6.07) is 0. The van der Waals surface area contributed by atoms with Gasteiger partial charge in [0.1, 0.15) is 5.78 Å². The highest BCUT2D eigenvalue weighted by atomic mass is 16.5. The third-order valence-electron chi connectivity index (χ3n) is 9.32. The summed E-state index contributed by atoms with van der Waals surface area (Å²) >= 11 is 0. The van der Waals surface area contributed by atoms with Gasteiger partial charge in [-0.3, -0.25) is 4.79 Å². The van der Waals surface area contributed by atoms with Crippen LogP contribution in [0.15, 0.2) is 0 Å². The van der Waals surface area contributed by atoms with Gasteiger partial charge >= 0.3 is 0 Å². The molecule has 3 heteroatoms. The largest absolute Gasteiger partial charge is 0.381 e. The first-order chi connectivity index (χ1) is 14.6. The number of hydrogen-bond donors (Lipinski definition) is 0. The zero-order valence-electron chi connectivity index (χ0n) is 19.7. The van der Waals surface area contributed by atoms with Gasteiger partial charge in [0.2, 0.25) is 0 Å². The molecule has 0 saturated heterocycles. The number of ether oxygens (including phenoxy) is 2. The minimum atomic E-state index is 0.334. The van der Waals surface area contributed by atoms with E-state index in [-0.39, 0.29) is 0 Å². The van der Waals surface area contributed by atoms with Crippen molar-refractivity contribution >= 4 is 5.78 Å². The fourth-order valence-corrected chi connectivity index (χ4v) is 7.13. The van der Waals surface area contributed by atoms with E-state index >= 15 is 0 Å². The Bertz CT molecular complexity index is 514. The highest BCUT2D eigenvalue weighted by Crippen LogP contribution is 2.41. The molecule has 4 saturated carbocycles. The van der Waals surface area contributed by atoms with E-state index in [0.29, 0.717) is 35.9 Å². The molecule has 0 aromatic carbocycles. The molecule has 0 spiro atoms. The molecule has 0 N–H and O–H groups in total. The van der Waals surface area contributed by atoms with Crippen molar-refractivity contribution in [2.75, 3.05) is 7.11 Å². The van der Waals surface area contributed by atoms with Gasteiger partial charge in [0.25, 0.3) is 0 Å². The van der Waals surface area contributed by atoms with Crippen LogP contribution in [0.25, 0.3) is 0 Å². The second kappa shape index (κ2) is 10.9. The SMILES string of the molecule is COC1CCC(C2CCC(OC3CCC(C(=O)C4CCC(C)CC4)CC3)CC2)CC1. The standard InChI is InChI=1S/C27H46O3/c1-19-3-5-22(6-4-19)27(28)23-11-17-26(18-12-23)30-25-15-9-21(10-16-25)20-7-13-24(29-2)14-8-20/h19-26H,3-18H2,1-2H3. The van der Waals surface area contributed by atoms with E-state index in [1.165, 1.54) is 64.2 Å². The van der Waals surface area contributed by atoms with Gasteiger partial charge in [0, 0.05) is 18.9 Å². The zero-order chi connectivity index (χ0) is 20.9. The summed E-state index contributed by atoms with van der Waals surface area (Å²) < 4.78 is 12.1. The Hall–Kier alpha value is -0.410. The first-order valence-corrected chi connectivity index (χ1v) is 13.3. The fourth-order valence-electron chi connectivity index (χ4n) is 7.13. The molecular weight excluding hydrogens is 372 g/mol. The average Bonchev–Trinajstić information content (AvgIpc) is 2.80. The lowest BCUT2D eigenvalue weighted by Gasteiger charge is -2.39. The van der Waals surface area contributed by atoms with Crippen molar-refractivity contribution in [3.05, 3.63) is 0 Å². The third-order valence-corrected chi connectivity index (χ3v) is 9.32. The maximum atomic E-state index is 12.9. The number of methoxy groups -OCH3 is 1. The van der Waals surface area contributed by atoms with Gasteiger partial charge in [-0.05, 0) is 108 Å². The van der Waals surface area contributed by atoms with Crippen molar-refractivity contribution in [1.82, 2.24) is 0 Å². The van der Waals surface area contributed by atoms with Crippen molar-refractivity contribution < 1.29 is 14.3 Å². The van der Waals surface area contributed by atoms with Gasteiger partial charge in [-0.1, -0.05) is 19.8 Å². The van der Waals surface area contributed by atoms with Gasteiger partial charge in [-0.2, -0.15) is 0 Å². The van der Waals surface area contributed by atoms with Crippen LogP contribution in [0.4, 0.5) is 0 Å². The predicted molar refractivity (Wildman–Crippen MR) is 121 cm³/mol. The molecule has 0 radical (unpaired) electrons. The number of carbonyl (C=O) groups is 1. The van der Waals surface area contributed by atoms with E-state index in [1.807, 2.05) is 7.11 Å². The molecule has 0 aliphatic heterocycles. The molecule has 30 heavy (non-hydrogen) atoms. The van der Waals surface area contributed by atoms with Gasteiger partial charge in [0.05, 0.1) is 18.3 Å². The number of hydrogen-bond acceptors (Lipinski definition) is 3. The second-order valence-corrected chi connectivity index (χ2v) is 11.3. The van der Waals surface area contributed by atoms with E-state index in [2.05, 4.69) is 6.92 Å². The topological polar surface area (TPSA) is 35.5 Å². The number of Topliss-reactive ketones (excluding diaryl/α,β-unsaturated/α-hetero) is 1. The van der Waals surface area contributed by atoms with E-state index in [9.17, 15) is 4.79 Å². The molecule has 4 fully saturated rings. The summed E-state index contributed by atoms with van der Waals surface area (Å²) in [5.74, 6) is 3.99. The monoisotopic (exact) mass is 418 g/mol. The highest BCUT2D eigenvalue weighted by molar-refractivity contribution is 5.83. The Morgan fingerprint density at radius 1 is 0.567 bits per heavy atom. The Kier molecular flexibility index (Phi) is 8.31. The average molecular weight is 419 g/mol. The van der Waals surface area contributed by atoms with E-state index in [4.69, 9.17) is 9.47 Å². The van der Waals surface area contributed by atoms with Gasteiger partial charge in [-0.15, -0.1) is 0 Å². The molecule has 0 bridgehead atoms. The van der Waals surface area contributed by atoms with Crippen LogP contribution in [0, 0.1) is 29.6 Å². The highest BCUT2D eigenvalue weighted by Gasteiger charge is 2.35. The van der Waals surface area contributed by atoms with Crippen molar-refractivity contribution in [3.8, 4) is 0 Å². The molecule has 3 nitrogen and oxygen atoms in total. The van der Waals surface area contributed by atoms with Crippen LogP contribution in [0.3, 0.4) is 0 Å². The maximum Gasteiger partial charge on any atom is 0.139 e. The molecule has 4 rings (SSSR count). The minimum Gasteiger partial charge on any atom is -0.381 e. The van der Waals surface area contributed by atoms with E-state index < -0.39 is 0 Å². The molecule has 0 aromatic heterocycles. The normalized spacial score (nSPS) is 43.3. The first-order valence-electron chi connectivity index (χ1n) is 13.3. The summed E-state index contributed by atoms with van der Waals surface area (Å²) in [6.45, 7) is 2.34. The second-order valence-electron chi connectivity index (χ2n) is 11.3. The maximum absolute atomic E-state index is 12.9. The summed E-state index contributed by atoms with van der Waals surface area (Å²) in [5.41, 5.74) is 0. The van der Waals surface area contributed by atoms with Crippen molar-refractivity contribution in [2.45, 2.75) is 128 Å². The summed E-state index contributed by atoms with van der Waals surface area (Å²) in [7, 11) is 1.87. The van der Waals surface area contributed by atoms with Crippen molar-refractivity contribution in [3.63, 3.8) is 0 Å². The smallest absolute Gasteiger partial charge is 0.139 e. The molecule has 0 amide bonds. The minimum absolute atomic E-state index is 0.334. The van der Waals surface area contributed by atoms with Crippen LogP contribution in [0.2, 0.25) is 0 Å². The zero-order valence-corrected chi connectivity index (χ0v) is 19.7. The Labute approximate surface area is 185 Å². The molecule has 4 aliphatic carbocycles. The lowest BCUT2D eigenvalue weighted by Crippen LogP contribution is -2.35. The van der Waals surface area contributed by atoms with Crippen LogP contribution in [-0.4, -0.2) is 31.2 Å². The van der Waals surface area contributed by atoms with E-state index in [0.717, 1.165) is 56.3 Å². The quantitative estimate of drug-likeness (QED) is 0.480. The van der Waals surface area contributed by atoms with Crippen molar-refractivity contribution in [2.24, 2.45) is 29.6 Å². The summed E-state index contributed by atoms with van der Waals surface area (Å²) in [4.78, 5) is 12.9. The van der Waals surface area contributed by atoms with Crippen LogP contribution in [0.5, 0.6) is 0 Å². The number of carbonyl (C=O) groups excluding carboxylic acids is 1. The lowest BCUT2D eigenvalue weighted by atomic mass is 9.72. The summed E-state index contributed by atoms with van der Waals surface area (Å²) in [5, 5.41) is 0. The van der Waals surface area contributed by atoms with Gasteiger partial charge in [-0.25, -0.2) is 0 Å². The lowest BCUT2D eigenvalue weighted by molar-refractivity contribution is -0.131. The Balaban J connectivity index is 1.13. The Morgan fingerprint density at radius 2 is 0.967 bits per heavy atom. The van der Waals surface area contributed by atoms with Gasteiger partial charge in [0.15, 0.2) is 0 Å². The van der Waals surface area contributed by atoms with E-state index in [1.54, 1.807) is 0 Å². The molecule has 4 aliphatic rings. The number of rotatable bonds is 6. The molecule has 0 atom stereocenters. The number of ketones is 1. The predicted octanol–water partition coefficient (Wildman–Crippen LogP) is 6.72. The third kappa shape index (κ3) is 5.88. The van der Waals surface area contributed by atoms with Crippen LogP contribution in [0.1, 0.15) is 110 Å². The van der Waals surface area contributed by atoms with Gasteiger partial charge < -0.3 is 9.47 Å². The van der Waals surface area contributed by atoms with Crippen LogP contribution < -0.4 is 0 Å². The van der Waals surface area contributed by atoms with Crippen LogP contribution in [-0.2, 0) is 14.3 Å². The summed E-state index contributed by atoms with van der Waals surface area (Å²) in [6.07, 6.45) is 21.1. The first kappa shape index (κ1) is 22.8. The molecule has 0 aromatic rings.